The molecule has 2 nitrogen and oxygen atoms in total. The minimum atomic E-state index is 1.01. The molecule has 0 unspecified atom stereocenters. The van der Waals surface area contributed by atoms with Gasteiger partial charge in [0.05, 0.1) is 5.69 Å². The molecule has 0 saturated carbocycles. The minimum absolute atomic E-state index is 1.01. The molecule has 0 amide bonds. The molecule has 0 spiro atoms. The molecule has 0 aliphatic rings. The SMILES string of the molecule is Ic1cccc(-n2ccc(I)n2)c1. The quantitative estimate of drug-likeness (QED) is 0.678. The Labute approximate surface area is 104 Å². The van der Waals surface area contributed by atoms with Crippen LogP contribution in [-0.4, -0.2) is 9.78 Å². The van der Waals surface area contributed by atoms with Crippen molar-refractivity contribution in [2.75, 3.05) is 0 Å². The first kappa shape index (κ1) is 9.45. The number of nitrogens with zero attached hydrogens (tertiary/aromatic N) is 2. The van der Waals surface area contributed by atoms with Crippen molar-refractivity contribution in [3.63, 3.8) is 0 Å². The van der Waals surface area contributed by atoms with Crippen molar-refractivity contribution in [3.8, 4) is 5.69 Å². The van der Waals surface area contributed by atoms with Crippen LogP contribution in [0.15, 0.2) is 36.5 Å². The first-order chi connectivity index (χ1) is 6.25. The van der Waals surface area contributed by atoms with E-state index in [0.717, 1.165) is 9.39 Å². The Kier molecular flexibility index (Phi) is 2.87. The smallest absolute Gasteiger partial charge is 0.123 e. The van der Waals surface area contributed by atoms with Crippen molar-refractivity contribution in [3.05, 3.63) is 43.8 Å². The summed E-state index contributed by atoms with van der Waals surface area (Å²) in [7, 11) is 0. The number of hydrogen-bond donors (Lipinski definition) is 0. The second kappa shape index (κ2) is 3.95. The molecule has 0 aliphatic heterocycles. The molecule has 0 atom stereocenters. The van der Waals surface area contributed by atoms with E-state index in [4.69, 9.17) is 0 Å². The Morgan fingerprint density at radius 1 is 1.15 bits per heavy atom. The van der Waals surface area contributed by atoms with Gasteiger partial charge in [0, 0.05) is 9.77 Å². The highest BCUT2D eigenvalue weighted by Gasteiger charge is 1.98. The minimum Gasteiger partial charge on any atom is -0.240 e. The predicted octanol–water partition coefficient (Wildman–Crippen LogP) is 3.08. The lowest BCUT2D eigenvalue weighted by Crippen LogP contribution is -1.94. The Balaban J connectivity index is 2.46. The summed E-state index contributed by atoms with van der Waals surface area (Å²) in [6.07, 6.45) is 1.97. The van der Waals surface area contributed by atoms with Crippen molar-refractivity contribution in [1.82, 2.24) is 9.78 Å². The fraction of sp³-hybridized carbons (Fsp3) is 0. The van der Waals surface area contributed by atoms with Crippen LogP contribution >= 0.6 is 45.2 Å². The van der Waals surface area contributed by atoms with E-state index in [1.54, 1.807) is 0 Å². The summed E-state index contributed by atoms with van der Waals surface area (Å²) >= 11 is 4.50. The lowest BCUT2D eigenvalue weighted by molar-refractivity contribution is 0.868. The van der Waals surface area contributed by atoms with Gasteiger partial charge in [-0.1, -0.05) is 6.07 Å². The highest BCUT2D eigenvalue weighted by molar-refractivity contribution is 14.1. The lowest BCUT2D eigenvalue weighted by atomic mass is 10.3. The van der Waals surface area contributed by atoms with E-state index in [1.807, 2.05) is 29.1 Å². The third kappa shape index (κ3) is 2.22. The van der Waals surface area contributed by atoms with Crippen LogP contribution in [0.3, 0.4) is 0 Å². The second-order valence-corrected chi connectivity index (χ2v) is 4.91. The first-order valence-corrected chi connectivity index (χ1v) is 5.88. The summed E-state index contributed by atoms with van der Waals surface area (Å²) in [6, 6.07) is 10.2. The van der Waals surface area contributed by atoms with E-state index in [1.165, 1.54) is 3.57 Å². The van der Waals surface area contributed by atoms with Crippen LogP contribution in [0.2, 0.25) is 0 Å². The van der Waals surface area contributed by atoms with Gasteiger partial charge < -0.3 is 0 Å². The van der Waals surface area contributed by atoms with Gasteiger partial charge in [-0.05, 0) is 69.4 Å². The average molecular weight is 396 g/mol. The summed E-state index contributed by atoms with van der Waals surface area (Å²) in [6.45, 7) is 0. The van der Waals surface area contributed by atoms with Gasteiger partial charge in [-0.2, -0.15) is 5.10 Å². The number of rotatable bonds is 1. The molecule has 13 heavy (non-hydrogen) atoms. The lowest BCUT2D eigenvalue weighted by Gasteiger charge is -2.00. The highest BCUT2D eigenvalue weighted by Crippen LogP contribution is 2.12. The van der Waals surface area contributed by atoms with Crippen molar-refractivity contribution in [2.24, 2.45) is 0 Å². The van der Waals surface area contributed by atoms with Gasteiger partial charge in [0.2, 0.25) is 0 Å². The standard InChI is InChI=1S/C9H6I2N2/c10-7-2-1-3-8(6-7)13-5-4-9(11)12-13/h1-6H. The van der Waals surface area contributed by atoms with E-state index in [0.29, 0.717) is 0 Å². The zero-order valence-electron chi connectivity index (χ0n) is 6.61. The summed E-state index contributed by atoms with van der Waals surface area (Å²) < 4.78 is 4.11. The largest absolute Gasteiger partial charge is 0.240 e. The average Bonchev–Trinajstić information content (AvgIpc) is 2.52. The summed E-state index contributed by atoms with van der Waals surface area (Å²) in [5, 5.41) is 4.32. The molecular weight excluding hydrogens is 390 g/mol. The van der Waals surface area contributed by atoms with E-state index in [-0.39, 0.29) is 0 Å². The third-order valence-corrected chi connectivity index (χ3v) is 2.88. The van der Waals surface area contributed by atoms with Crippen LogP contribution in [0.25, 0.3) is 5.69 Å². The molecule has 1 heterocycles. The van der Waals surface area contributed by atoms with Gasteiger partial charge in [-0.15, -0.1) is 0 Å². The maximum Gasteiger partial charge on any atom is 0.123 e. The molecule has 0 saturated heterocycles. The van der Waals surface area contributed by atoms with Crippen LogP contribution in [-0.2, 0) is 0 Å². The molecule has 4 heteroatoms. The number of hydrogen-bond acceptors (Lipinski definition) is 1. The Morgan fingerprint density at radius 2 is 2.00 bits per heavy atom. The van der Waals surface area contributed by atoms with E-state index < -0.39 is 0 Å². The molecule has 0 radical (unpaired) electrons. The maximum atomic E-state index is 4.32. The zero-order chi connectivity index (χ0) is 9.26. The topological polar surface area (TPSA) is 17.8 Å². The fourth-order valence-corrected chi connectivity index (χ4v) is 1.98. The monoisotopic (exact) mass is 396 g/mol. The molecule has 1 aromatic carbocycles. The highest BCUT2D eigenvalue weighted by atomic mass is 127. The van der Waals surface area contributed by atoms with Gasteiger partial charge in [0.1, 0.15) is 3.70 Å². The predicted molar refractivity (Wildman–Crippen MR) is 69.0 cm³/mol. The molecule has 0 fully saturated rings. The van der Waals surface area contributed by atoms with E-state index in [2.05, 4.69) is 62.4 Å². The second-order valence-electron chi connectivity index (χ2n) is 2.56. The van der Waals surface area contributed by atoms with Gasteiger partial charge in [-0.25, -0.2) is 4.68 Å². The summed E-state index contributed by atoms with van der Waals surface area (Å²) in [5.74, 6) is 0. The number of aromatic nitrogens is 2. The van der Waals surface area contributed by atoms with Crippen molar-refractivity contribution in [1.29, 1.82) is 0 Å². The number of halogens is 2. The molecule has 0 N–H and O–H groups in total. The molecule has 66 valence electrons. The Morgan fingerprint density at radius 3 is 2.62 bits per heavy atom. The molecule has 2 rings (SSSR count). The first-order valence-electron chi connectivity index (χ1n) is 3.73. The van der Waals surface area contributed by atoms with Crippen LogP contribution in [0.4, 0.5) is 0 Å². The molecular formula is C9H6I2N2. The molecule has 0 aliphatic carbocycles. The van der Waals surface area contributed by atoms with Gasteiger partial charge in [-0.3, -0.25) is 0 Å². The summed E-state index contributed by atoms with van der Waals surface area (Å²) in [5.41, 5.74) is 1.11. The molecule has 1 aromatic heterocycles. The van der Waals surface area contributed by atoms with Crippen molar-refractivity contribution < 1.29 is 0 Å². The van der Waals surface area contributed by atoms with Gasteiger partial charge in [0.25, 0.3) is 0 Å². The Hall–Kier alpha value is -0.110. The maximum absolute atomic E-state index is 4.32. The van der Waals surface area contributed by atoms with Crippen LogP contribution in [0.5, 0.6) is 0 Å². The van der Waals surface area contributed by atoms with Gasteiger partial charge >= 0.3 is 0 Å². The molecule has 0 bridgehead atoms. The fourth-order valence-electron chi connectivity index (χ4n) is 1.06. The van der Waals surface area contributed by atoms with E-state index >= 15 is 0 Å². The van der Waals surface area contributed by atoms with E-state index in [9.17, 15) is 0 Å². The van der Waals surface area contributed by atoms with Crippen molar-refractivity contribution in [2.45, 2.75) is 0 Å². The van der Waals surface area contributed by atoms with Crippen LogP contribution in [0, 0.1) is 7.27 Å². The van der Waals surface area contributed by atoms with Gasteiger partial charge in [0.15, 0.2) is 0 Å². The summed E-state index contributed by atoms with van der Waals surface area (Å²) in [4.78, 5) is 0. The van der Waals surface area contributed by atoms with Crippen molar-refractivity contribution >= 4 is 45.2 Å². The van der Waals surface area contributed by atoms with Crippen LogP contribution in [0.1, 0.15) is 0 Å². The van der Waals surface area contributed by atoms with Crippen LogP contribution < -0.4 is 0 Å². The molecule has 2 aromatic rings. The Bertz CT molecular complexity index is 423. The normalized spacial score (nSPS) is 10.3. The zero-order valence-corrected chi connectivity index (χ0v) is 10.9. The number of benzene rings is 1. The third-order valence-electron chi connectivity index (χ3n) is 1.63.